The molecule has 1 aromatic heterocycles. The van der Waals surface area contributed by atoms with E-state index in [1.54, 1.807) is 5.38 Å². The van der Waals surface area contributed by atoms with Crippen molar-refractivity contribution in [1.82, 2.24) is 4.98 Å². The molecule has 1 N–H and O–H groups in total. The van der Waals surface area contributed by atoms with E-state index in [2.05, 4.69) is 4.98 Å². The van der Waals surface area contributed by atoms with E-state index < -0.39 is 54.4 Å². The number of ketones is 1. The number of aromatic nitrogens is 1. The van der Waals surface area contributed by atoms with Gasteiger partial charge in [0, 0.05) is 44.7 Å². The van der Waals surface area contributed by atoms with Gasteiger partial charge in [-0.25, -0.2) is 4.98 Å². The number of hydrogen-bond acceptors (Lipinski definition) is 14. The average Bonchev–Trinajstić information content (AvgIpc) is 3.45. The number of benzene rings is 2. The smallest absolute Gasteiger partial charge is 0.303 e. The second kappa shape index (κ2) is 15.5. The van der Waals surface area contributed by atoms with Crippen molar-refractivity contribution in [3.63, 3.8) is 0 Å². The summed E-state index contributed by atoms with van der Waals surface area (Å²) in [4.78, 5) is 65.0. The molecular formula is C32H33NO12S. The molecule has 4 rings (SSSR count). The highest BCUT2D eigenvalue weighted by Gasteiger charge is 2.52. The second-order valence-corrected chi connectivity index (χ2v) is 11.2. The standard InChI is InChI=1S/C32H33NO12S/c1-17(34)40-14-27-29(42-18(2)35)31(44-20(4)37)30(43-19(3)36)28(45-27)15-41-23-10-11-24(26(39)13-23)25(38)12-22-16-46-32(33-22)21-8-6-5-7-9-21/h5-11,13,16,27-31,39H,12,14-15H2,1-4H3/t27-,28+,29+,30-,31+/m0/s1. The molecule has 46 heavy (non-hydrogen) atoms. The Kier molecular flexibility index (Phi) is 11.4. The Morgan fingerprint density at radius 1 is 0.804 bits per heavy atom. The molecule has 0 saturated carbocycles. The number of Topliss-reactive ketones (excluding diaryl/α,β-unsaturated/α-hetero) is 1. The molecule has 5 atom stereocenters. The first-order chi connectivity index (χ1) is 21.9. The maximum atomic E-state index is 13.0. The summed E-state index contributed by atoms with van der Waals surface area (Å²) in [6, 6.07) is 13.7. The fourth-order valence-electron chi connectivity index (χ4n) is 4.83. The summed E-state index contributed by atoms with van der Waals surface area (Å²) in [5.74, 6) is -3.43. The van der Waals surface area contributed by atoms with Crippen LogP contribution in [0.2, 0.25) is 0 Å². The second-order valence-electron chi connectivity index (χ2n) is 10.3. The monoisotopic (exact) mass is 655 g/mol. The van der Waals surface area contributed by atoms with E-state index in [0.717, 1.165) is 31.3 Å². The van der Waals surface area contributed by atoms with Gasteiger partial charge in [-0.3, -0.25) is 24.0 Å². The average molecular weight is 656 g/mol. The van der Waals surface area contributed by atoms with Crippen molar-refractivity contribution < 1.29 is 57.5 Å². The fourth-order valence-corrected chi connectivity index (χ4v) is 5.65. The van der Waals surface area contributed by atoms with Gasteiger partial charge in [0.1, 0.15) is 41.9 Å². The first kappa shape index (κ1) is 34.1. The summed E-state index contributed by atoms with van der Waals surface area (Å²) < 4.78 is 33.1. The van der Waals surface area contributed by atoms with Gasteiger partial charge in [-0.2, -0.15) is 0 Å². The summed E-state index contributed by atoms with van der Waals surface area (Å²) in [5, 5.41) is 13.3. The molecule has 2 heterocycles. The van der Waals surface area contributed by atoms with Crippen molar-refractivity contribution in [3.05, 3.63) is 65.2 Å². The lowest BCUT2D eigenvalue weighted by Crippen LogP contribution is -2.63. The van der Waals surface area contributed by atoms with Gasteiger partial charge in [-0.15, -0.1) is 11.3 Å². The topological polar surface area (TPSA) is 174 Å². The maximum absolute atomic E-state index is 13.0. The first-order valence-corrected chi connectivity index (χ1v) is 15.1. The van der Waals surface area contributed by atoms with E-state index in [9.17, 15) is 29.1 Å². The van der Waals surface area contributed by atoms with Crippen LogP contribution in [0.3, 0.4) is 0 Å². The number of rotatable bonds is 12. The van der Waals surface area contributed by atoms with Crippen LogP contribution in [-0.4, -0.2) is 83.5 Å². The Hall–Kier alpha value is -4.82. The van der Waals surface area contributed by atoms with Crippen LogP contribution >= 0.6 is 11.3 Å². The van der Waals surface area contributed by atoms with Crippen LogP contribution in [0.4, 0.5) is 0 Å². The van der Waals surface area contributed by atoms with Crippen molar-refractivity contribution in [2.45, 2.75) is 64.6 Å². The van der Waals surface area contributed by atoms with E-state index in [0.29, 0.717) is 5.69 Å². The molecular weight excluding hydrogens is 622 g/mol. The Labute approximate surface area is 268 Å². The Balaban J connectivity index is 1.50. The van der Waals surface area contributed by atoms with Crippen molar-refractivity contribution in [1.29, 1.82) is 0 Å². The molecule has 0 aliphatic carbocycles. The minimum atomic E-state index is -1.34. The van der Waals surface area contributed by atoms with Crippen molar-refractivity contribution in [2.75, 3.05) is 13.2 Å². The third kappa shape index (κ3) is 9.11. The molecule has 1 aliphatic heterocycles. The molecule has 0 radical (unpaired) electrons. The van der Waals surface area contributed by atoms with Crippen LogP contribution < -0.4 is 4.74 Å². The van der Waals surface area contributed by atoms with Crippen LogP contribution in [0.15, 0.2) is 53.9 Å². The van der Waals surface area contributed by atoms with Crippen LogP contribution in [0.1, 0.15) is 43.7 Å². The van der Waals surface area contributed by atoms with Crippen LogP contribution in [0, 0.1) is 0 Å². The molecule has 0 bridgehead atoms. The normalized spacial score (nSPS) is 20.7. The molecule has 1 aliphatic rings. The highest BCUT2D eigenvalue weighted by molar-refractivity contribution is 7.13. The Morgan fingerprint density at radius 3 is 2.00 bits per heavy atom. The summed E-state index contributed by atoms with van der Waals surface area (Å²) in [7, 11) is 0. The van der Waals surface area contributed by atoms with Gasteiger partial charge < -0.3 is 33.5 Å². The lowest BCUT2D eigenvalue weighted by molar-refractivity contribution is -0.255. The number of phenols is 1. The summed E-state index contributed by atoms with van der Waals surface area (Å²) >= 11 is 1.42. The number of carbonyl (C=O) groups excluding carboxylic acids is 5. The van der Waals surface area contributed by atoms with E-state index in [1.165, 1.54) is 36.5 Å². The molecule has 0 amide bonds. The summed E-state index contributed by atoms with van der Waals surface area (Å²) in [6.07, 6.45) is -6.20. The third-order valence-corrected chi connectivity index (χ3v) is 7.63. The molecule has 3 aromatic rings. The SMILES string of the molecule is CC(=O)OC[C@@H]1O[C@H](COc2ccc(C(=O)Cc3csc(-c4ccccc4)n3)c(O)c2)[C@H](OC(C)=O)[C@H](OC(C)=O)[C@@H]1OC(C)=O. The summed E-state index contributed by atoms with van der Waals surface area (Å²) in [5.41, 5.74) is 1.57. The van der Waals surface area contributed by atoms with Crippen molar-refractivity contribution >= 4 is 41.0 Å². The van der Waals surface area contributed by atoms with Gasteiger partial charge in [0.05, 0.1) is 17.7 Å². The zero-order valence-corrected chi connectivity index (χ0v) is 26.3. The van der Waals surface area contributed by atoms with E-state index in [-0.39, 0.29) is 42.5 Å². The predicted octanol–water partition coefficient (Wildman–Crippen LogP) is 3.45. The highest BCUT2D eigenvalue weighted by atomic mass is 32.1. The van der Waals surface area contributed by atoms with Gasteiger partial charge >= 0.3 is 23.9 Å². The number of carbonyl (C=O) groups is 5. The van der Waals surface area contributed by atoms with Crippen LogP contribution in [0.25, 0.3) is 10.6 Å². The highest BCUT2D eigenvalue weighted by Crippen LogP contribution is 2.31. The third-order valence-electron chi connectivity index (χ3n) is 6.69. The van der Waals surface area contributed by atoms with E-state index >= 15 is 0 Å². The first-order valence-electron chi connectivity index (χ1n) is 14.2. The molecule has 14 heteroatoms. The molecule has 0 spiro atoms. The fraction of sp³-hybridized carbons (Fsp3) is 0.375. The molecule has 0 unspecified atom stereocenters. The lowest BCUT2D eigenvalue weighted by Gasteiger charge is -2.44. The minimum Gasteiger partial charge on any atom is -0.507 e. The zero-order valence-electron chi connectivity index (χ0n) is 25.5. The van der Waals surface area contributed by atoms with E-state index in [1.807, 2.05) is 30.3 Å². The molecule has 1 saturated heterocycles. The van der Waals surface area contributed by atoms with Crippen LogP contribution in [0.5, 0.6) is 11.5 Å². The summed E-state index contributed by atoms with van der Waals surface area (Å²) in [6.45, 7) is 3.87. The number of thiazole rings is 1. The van der Waals surface area contributed by atoms with Gasteiger partial charge in [0.25, 0.3) is 0 Å². The minimum absolute atomic E-state index is 0.0260. The van der Waals surface area contributed by atoms with Crippen molar-refractivity contribution in [3.8, 4) is 22.1 Å². The van der Waals surface area contributed by atoms with Gasteiger partial charge in [0.15, 0.2) is 24.1 Å². The number of ether oxygens (including phenoxy) is 6. The van der Waals surface area contributed by atoms with Gasteiger partial charge in [0.2, 0.25) is 0 Å². The van der Waals surface area contributed by atoms with Crippen LogP contribution in [-0.2, 0) is 49.3 Å². The van der Waals surface area contributed by atoms with E-state index in [4.69, 9.17) is 28.4 Å². The van der Waals surface area contributed by atoms with Crippen molar-refractivity contribution in [2.24, 2.45) is 0 Å². The Morgan fingerprint density at radius 2 is 1.41 bits per heavy atom. The number of hydrogen-bond donors (Lipinski definition) is 1. The molecule has 1 fully saturated rings. The lowest BCUT2D eigenvalue weighted by atomic mass is 9.94. The zero-order chi connectivity index (χ0) is 33.4. The number of esters is 4. The molecule has 244 valence electrons. The Bertz CT molecular complexity index is 1570. The van der Waals surface area contributed by atoms with Gasteiger partial charge in [-0.05, 0) is 12.1 Å². The van der Waals surface area contributed by atoms with Gasteiger partial charge in [-0.1, -0.05) is 30.3 Å². The molecule has 13 nitrogen and oxygen atoms in total. The quantitative estimate of drug-likeness (QED) is 0.171. The number of phenolic OH excluding ortho intramolecular Hbond substituents is 1. The number of aromatic hydroxyl groups is 1. The molecule has 2 aromatic carbocycles. The predicted molar refractivity (Wildman–Crippen MR) is 161 cm³/mol. The number of nitrogens with zero attached hydrogens (tertiary/aromatic N) is 1. The maximum Gasteiger partial charge on any atom is 0.303 e. The largest absolute Gasteiger partial charge is 0.507 e.